The minimum atomic E-state index is 0.615. The molecule has 1 unspecified atom stereocenters. The van der Waals surface area contributed by atoms with Crippen LogP contribution in [0.15, 0.2) is 59.6 Å². The van der Waals surface area contributed by atoms with Crippen LogP contribution in [0.2, 0.25) is 0 Å². The summed E-state index contributed by atoms with van der Waals surface area (Å²) in [7, 11) is 1.83. The van der Waals surface area contributed by atoms with Gasteiger partial charge in [-0.3, -0.25) is 4.99 Å². The van der Waals surface area contributed by atoms with Crippen molar-refractivity contribution in [3.63, 3.8) is 0 Å². The molecule has 3 nitrogen and oxygen atoms in total. The Bertz CT molecular complexity index is 634. The van der Waals surface area contributed by atoms with Gasteiger partial charge in [0.05, 0.1) is 0 Å². The Hall–Kier alpha value is -2.29. The minimum Gasteiger partial charge on any atom is -0.356 e. The molecule has 0 amide bonds. The van der Waals surface area contributed by atoms with Crippen LogP contribution in [-0.2, 0) is 12.8 Å². The summed E-state index contributed by atoms with van der Waals surface area (Å²) in [6.07, 6.45) is 2.18. The first-order valence-corrected chi connectivity index (χ1v) is 7.93. The van der Waals surface area contributed by atoms with Crippen molar-refractivity contribution >= 4 is 5.96 Å². The van der Waals surface area contributed by atoms with E-state index >= 15 is 0 Å². The van der Waals surface area contributed by atoms with E-state index in [-0.39, 0.29) is 0 Å². The zero-order valence-corrected chi connectivity index (χ0v) is 13.0. The van der Waals surface area contributed by atoms with E-state index in [2.05, 4.69) is 64.2 Å². The molecule has 0 heterocycles. The molecule has 0 spiro atoms. The zero-order chi connectivity index (χ0) is 15.2. The fraction of sp³-hybridized carbons (Fsp3) is 0.316. The Kier molecular flexibility index (Phi) is 4.74. The molecular formula is C19H23N3. The molecule has 2 aromatic carbocycles. The fourth-order valence-corrected chi connectivity index (χ4v) is 2.96. The predicted octanol–water partition coefficient (Wildman–Crippen LogP) is 2.73. The van der Waals surface area contributed by atoms with E-state index in [0.717, 1.165) is 25.5 Å². The second-order valence-electron chi connectivity index (χ2n) is 5.72. The highest BCUT2D eigenvalue weighted by atomic mass is 15.2. The van der Waals surface area contributed by atoms with Crippen LogP contribution >= 0.6 is 0 Å². The van der Waals surface area contributed by atoms with Crippen LogP contribution in [0, 0.1) is 0 Å². The molecule has 22 heavy (non-hydrogen) atoms. The van der Waals surface area contributed by atoms with E-state index in [9.17, 15) is 0 Å². The third-order valence-electron chi connectivity index (χ3n) is 4.25. The summed E-state index contributed by atoms with van der Waals surface area (Å²) < 4.78 is 0. The third-order valence-corrected chi connectivity index (χ3v) is 4.25. The number of aliphatic imine (C=N–C) groups is 1. The lowest BCUT2D eigenvalue weighted by Crippen LogP contribution is -2.41. The van der Waals surface area contributed by atoms with Crippen molar-refractivity contribution in [3.8, 4) is 0 Å². The Morgan fingerprint density at radius 1 is 1.05 bits per heavy atom. The molecule has 3 rings (SSSR count). The monoisotopic (exact) mass is 293 g/mol. The second kappa shape index (κ2) is 7.12. The molecule has 0 fully saturated rings. The number of guanidine groups is 1. The van der Waals surface area contributed by atoms with Crippen molar-refractivity contribution in [2.24, 2.45) is 4.99 Å². The van der Waals surface area contributed by atoms with Gasteiger partial charge >= 0.3 is 0 Å². The van der Waals surface area contributed by atoms with E-state index in [1.807, 2.05) is 13.1 Å². The summed E-state index contributed by atoms with van der Waals surface area (Å²) in [6.45, 7) is 1.84. The molecule has 0 bridgehead atoms. The topological polar surface area (TPSA) is 36.4 Å². The maximum Gasteiger partial charge on any atom is 0.191 e. The highest BCUT2D eigenvalue weighted by molar-refractivity contribution is 5.79. The Morgan fingerprint density at radius 3 is 2.59 bits per heavy atom. The van der Waals surface area contributed by atoms with E-state index in [0.29, 0.717) is 5.92 Å². The quantitative estimate of drug-likeness (QED) is 0.657. The normalized spacial score (nSPS) is 16.6. The number of nitrogens with one attached hydrogen (secondary N) is 2. The third kappa shape index (κ3) is 3.48. The summed E-state index contributed by atoms with van der Waals surface area (Å²) in [4.78, 5) is 4.30. The number of nitrogens with zero attached hydrogens (tertiary/aromatic N) is 1. The first kappa shape index (κ1) is 14.6. The highest BCUT2D eigenvalue weighted by Gasteiger charge is 2.25. The lowest BCUT2D eigenvalue weighted by molar-refractivity contribution is 0.584. The molecule has 2 aromatic rings. The highest BCUT2D eigenvalue weighted by Crippen LogP contribution is 2.33. The number of fused-ring (bicyclic) bond motifs is 1. The smallest absolute Gasteiger partial charge is 0.191 e. The summed E-state index contributed by atoms with van der Waals surface area (Å²) in [5, 5.41) is 6.82. The van der Waals surface area contributed by atoms with E-state index in [1.165, 1.54) is 23.1 Å². The van der Waals surface area contributed by atoms with Crippen molar-refractivity contribution in [3.05, 3.63) is 71.3 Å². The molecule has 0 aromatic heterocycles. The van der Waals surface area contributed by atoms with Crippen LogP contribution < -0.4 is 10.6 Å². The largest absolute Gasteiger partial charge is 0.356 e. The van der Waals surface area contributed by atoms with Gasteiger partial charge in [-0.05, 0) is 29.5 Å². The maximum absolute atomic E-state index is 4.30. The van der Waals surface area contributed by atoms with Crippen molar-refractivity contribution in [1.82, 2.24) is 10.6 Å². The van der Waals surface area contributed by atoms with Crippen LogP contribution in [-0.4, -0.2) is 26.1 Å². The molecule has 0 radical (unpaired) electrons. The second-order valence-corrected chi connectivity index (χ2v) is 5.72. The molecule has 1 aliphatic rings. The molecule has 0 aliphatic heterocycles. The van der Waals surface area contributed by atoms with Crippen LogP contribution in [0.3, 0.4) is 0 Å². The van der Waals surface area contributed by atoms with Gasteiger partial charge in [-0.2, -0.15) is 0 Å². The number of rotatable bonds is 5. The van der Waals surface area contributed by atoms with Gasteiger partial charge < -0.3 is 10.6 Å². The molecule has 1 aliphatic carbocycles. The average Bonchev–Trinajstić information content (AvgIpc) is 2.55. The minimum absolute atomic E-state index is 0.615. The van der Waals surface area contributed by atoms with Gasteiger partial charge in [0.25, 0.3) is 0 Å². The Morgan fingerprint density at radius 2 is 1.82 bits per heavy atom. The van der Waals surface area contributed by atoms with E-state index in [1.54, 1.807) is 0 Å². The lowest BCUT2D eigenvalue weighted by atomic mass is 9.78. The van der Waals surface area contributed by atoms with Crippen molar-refractivity contribution in [2.75, 3.05) is 20.1 Å². The van der Waals surface area contributed by atoms with Crippen molar-refractivity contribution < 1.29 is 0 Å². The molecule has 2 N–H and O–H groups in total. The first-order valence-electron chi connectivity index (χ1n) is 7.93. The standard InChI is InChI=1S/C19H23N3/c1-20-19(21-12-11-15-7-3-2-4-8-15)22-14-17-13-16-9-5-6-10-18(16)17/h2-10,17H,11-14H2,1H3,(H2,20,21,22). The van der Waals surface area contributed by atoms with Crippen LogP contribution in [0.1, 0.15) is 22.6 Å². The fourth-order valence-electron chi connectivity index (χ4n) is 2.96. The summed E-state index contributed by atoms with van der Waals surface area (Å²) in [5.41, 5.74) is 4.31. The number of hydrogen-bond acceptors (Lipinski definition) is 1. The zero-order valence-electron chi connectivity index (χ0n) is 13.0. The maximum atomic E-state index is 4.30. The summed E-state index contributed by atoms with van der Waals surface area (Å²) in [5.74, 6) is 1.50. The van der Waals surface area contributed by atoms with Gasteiger partial charge in [0.1, 0.15) is 0 Å². The van der Waals surface area contributed by atoms with Gasteiger partial charge in [0.2, 0.25) is 0 Å². The summed E-state index contributed by atoms with van der Waals surface area (Å²) >= 11 is 0. The SMILES string of the molecule is CN=C(NCCc1ccccc1)NCC1Cc2ccccc21. The van der Waals surface area contributed by atoms with E-state index in [4.69, 9.17) is 0 Å². The molecule has 1 atom stereocenters. The first-order chi connectivity index (χ1) is 10.9. The molecular weight excluding hydrogens is 270 g/mol. The van der Waals surface area contributed by atoms with Crippen molar-refractivity contribution in [1.29, 1.82) is 0 Å². The average molecular weight is 293 g/mol. The van der Waals surface area contributed by atoms with E-state index < -0.39 is 0 Å². The number of benzene rings is 2. The predicted molar refractivity (Wildman–Crippen MR) is 92.4 cm³/mol. The molecule has 0 saturated carbocycles. The summed E-state index contributed by atoms with van der Waals surface area (Å²) in [6, 6.07) is 19.2. The lowest BCUT2D eigenvalue weighted by Gasteiger charge is -2.30. The van der Waals surface area contributed by atoms with Gasteiger partial charge in [-0.1, -0.05) is 54.6 Å². The van der Waals surface area contributed by atoms with Crippen LogP contribution in [0.4, 0.5) is 0 Å². The van der Waals surface area contributed by atoms with Gasteiger partial charge in [-0.15, -0.1) is 0 Å². The van der Waals surface area contributed by atoms with Crippen molar-refractivity contribution in [2.45, 2.75) is 18.8 Å². The van der Waals surface area contributed by atoms with Crippen LogP contribution in [0.25, 0.3) is 0 Å². The Balaban J connectivity index is 1.42. The Labute approximate surface area is 132 Å². The molecule has 3 heteroatoms. The molecule has 114 valence electrons. The van der Waals surface area contributed by atoms with Gasteiger partial charge in [0.15, 0.2) is 5.96 Å². The number of hydrogen-bond donors (Lipinski definition) is 2. The van der Waals surface area contributed by atoms with Gasteiger partial charge in [-0.25, -0.2) is 0 Å². The van der Waals surface area contributed by atoms with Gasteiger partial charge in [0, 0.05) is 26.1 Å². The molecule has 0 saturated heterocycles. The van der Waals surface area contributed by atoms with Crippen LogP contribution in [0.5, 0.6) is 0 Å².